The average molecular weight is 431 g/mol. The lowest BCUT2D eigenvalue weighted by Crippen LogP contribution is -2.38. The van der Waals surface area contributed by atoms with Gasteiger partial charge in [0.15, 0.2) is 23.1 Å². The van der Waals surface area contributed by atoms with Gasteiger partial charge in [0.25, 0.3) is 5.91 Å². The van der Waals surface area contributed by atoms with Gasteiger partial charge < -0.3 is 26.1 Å². The minimum absolute atomic E-state index is 0.0441. The third-order valence-corrected chi connectivity index (χ3v) is 4.65. The predicted molar refractivity (Wildman–Crippen MR) is 112 cm³/mol. The molecule has 0 spiro atoms. The summed E-state index contributed by atoms with van der Waals surface area (Å²) in [5, 5.41) is 7.54. The molecule has 3 rings (SSSR count). The summed E-state index contributed by atoms with van der Waals surface area (Å²) >= 11 is 0. The maximum atomic E-state index is 14.4. The van der Waals surface area contributed by atoms with Crippen LogP contribution in [0, 0.1) is 0 Å². The first-order valence-electron chi connectivity index (χ1n) is 10.00. The van der Waals surface area contributed by atoms with Gasteiger partial charge in [-0.2, -0.15) is 4.98 Å². The third kappa shape index (κ3) is 5.37. The van der Waals surface area contributed by atoms with Crippen molar-refractivity contribution in [1.29, 1.82) is 0 Å². The number of nitrogens with two attached hydrogens (primary N) is 1. The Morgan fingerprint density at radius 1 is 1.39 bits per heavy atom. The topological polar surface area (TPSA) is 134 Å². The minimum Gasteiger partial charge on any atom is -0.434 e. The van der Waals surface area contributed by atoms with Crippen molar-refractivity contribution in [2.24, 2.45) is 5.73 Å². The average Bonchev–Trinajstić information content (AvgIpc) is 3.14. The summed E-state index contributed by atoms with van der Waals surface area (Å²) in [6, 6.07) is -0.397. The number of hydrogen-bond acceptors (Lipinski definition) is 8. The van der Waals surface area contributed by atoms with Crippen LogP contribution in [0.4, 0.5) is 10.2 Å². The van der Waals surface area contributed by atoms with Crippen molar-refractivity contribution in [3.63, 3.8) is 0 Å². The van der Waals surface area contributed by atoms with E-state index in [0.29, 0.717) is 25.0 Å². The highest BCUT2D eigenvalue weighted by Gasteiger charge is 2.24. The Morgan fingerprint density at radius 3 is 2.77 bits per heavy atom. The van der Waals surface area contributed by atoms with Crippen LogP contribution in [0.25, 0.3) is 0 Å². The molecule has 1 aromatic rings. The highest BCUT2D eigenvalue weighted by molar-refractivity contribution is 5.95. The smallest absolute Gasteiger partial charge is 0.271 e. The first-order chi connectivity index (χ1) is 14.8. The number of hydrogen-bond donors (Lipinski definition) is 4. The lowest BCUT2D eigenvalue weighted by atomic mass is 10.1. The highest BCUT2D eigenvalue weighted by Crippen LogP contribution is 2.28. The quantitative estimate of drug-likeness (QED) is 0.483. The molecule has 10 nitrogen and oxygen atoms in total. The van der Waals surface area contributed by atoms with E-state index in [1.165, 1.54) is 12.2 Å². The summed E-state index contributed by atoms with van der Waals surface area (Å²) in [5.41, 5.74) is 8.85. The molecular formula is C20H26FN7O3. The fraction of sp³-hybridized carbons (Fsp3) is 0.400. The molecule has 1 aliphatic heterocycles. The number of aryl methyl sites for hydroxylation is 1. The minimum atomic E-state index is -0.753. The molecule has 1 aliphatic carbocycles. The Kier molecular flexibility index (Phi) is 6.85. The fourth-order valence-electron chi connectivity index (χ4n) is 3.05. The Balaban J connectivity index is 1.91. The molecule has 0 radical (unpaired) electrons. The monoisotopic (exact) mass is 431 g/mol. The summed E-state index contributed by atoms with van der Waals surface area (Å²) in [6.07, 6.45) is 7.11. The molecule has 0 saturated carbocycles. The molecule has 2 heterocycles. The van der Waals surface area contributed by atoms with Crippen molar-refractivity contribution in [2.75, 3.05) is 12.4 Å². The Morgan fingerprint density at radius 2 is 2.16 bits per heavy atom. The molecule has 2 atom stereocenters. The largest absolute Gasteiger partial charge is 0.434 e. The van der Waals surface area contributed by atoms with Gasteiger partial charge in [0, 0.05) is 19.7 Å². The van der Waals surface area contributed by atoms with Crippen molar-refractivity contribution in [3.8, 4) is 5.88 Å². The Hall–Kier alpha value is -3.47. The molecule has 0 bridgehead atoms. The molecule has 2 amide bonds. The number of amides is 2. The standard InChI is InChI=1S/C20H26FN7O3/c1-4-13-20(31-14-10-11(6-7-12(14)21)23-16(29)5-2)26-19(17(24-13)18(22)30)25-15-8-9-28(3)27-15/h7-11,15,27H,4-6H2,1-3H3,(H2,22,30)(H,23,29)(H,25,26). The van der Waals surface area contributed by atoms with Crippen molar-refractivity contribution < 1.29 is 18.7 Å². The number of aromatic nitrogens is 2. The highest BCUT2D eigenvalue weighted by atomic mass is 19.1. The number of hydrazine groups is 1. The van der Waals surface area contributed by atoms with Gasteiger partial charge in [-0.15, -0.1) is 0 Å². The van der Waals surface area contributed by atoms with Crippen LogP contribution < -0.4 is 26.5 Å². The van der Waals surface area contributed by atoms with E-state index in [1.54, 1.807) is 25.1 Å². The first kappa shape index (κ1) is 22.2. The van der Waals surface area contributed by atoms with Gasteiger partial charge in [-0.3, -0.25) is 9.59 Å². The van der Waals surface area contributed by atoms with Crippen LogP contribution in [0.5, 0.6) is 5.88 Å². The molecule has 1 aromatic heterocycles. The number of allylic oxidation sites excluding steroid dienone is 1. The van der Waals surface area contributed by atoms with Crippen molar-refractivity contribution >= 4 is 17.6 Å². The third-order valence-electron chi connectivity index (χ3n) is 4.65. The number of halogens is 1. The summed E-state index contributed by atoms with van der Waals surface area (Å²) in [4.78, 5) is 32.3. The number of ether oxygens (including phenoxy) is 1. The van der Waals surface area contributed by atoms with Gasteiger partial charge >= 0.3 is 0 Å². The maximum Gasteiger partial charge on any atom is 0.271 e. The van der Waals surface area contributed by atoms with E-state index < -0.39 is 17.8 Å². The molecule has 0 aromatic carbocycles. The lowest BCUT2D eigenvalue weighted by molar-refractivity contribution is -0.121. The van der Waals surface area contributed by atoms with E-state index in [4.69, 9.17) is 10.5 Å². The zero-order valence-corrected chi connectivity index (χ0v) is 17.6. The van der Waals surface area contributed by atoms with Gasteiger partial charge in [-0.1, -0.05) is 13.8 Å². The van der Waals surface area contributed by atoms with Gasteiger partial charge in [-0.05, 0) is 31.1 Å². The van der Waals surface area contributed by atoms with Crippen molar-refractivity contribution in [1.82, 2.24) is 25.7 Å². The Labute approximate surface area is 179 Å². The van der Waals surface area contributed by atoms with Gasteiger partial charge in [0.1, 0.15) is 11.9 Å². The van der Waals surface area contributed by atoms with E-state index in [1.807, 2.05) is 13.1 Å². The number of carbonyl (C=O) groups is 2. The first-order valence-corrected chi connectivity index (χ1v) is 10.00. The molecular weight excluding hydrogens is 405 g/mol. The summed E-state index contributed by atoms with van der Waals surface area (Å²) in [5.74, 6) is -1.40. The number of rotatable bonds is 8. The second-order valence-corrected chi connectivity index (χ2v) is 7.04. The van der Waals surface area contributed by atoms with E-state index in [0.717, 1.165) is 0 Å². The summed E-state index contributed by atoms with van der Waals surface area (Å²) in [6.45, 7) is 3.54. The number of primary amides is 1. The second-order valence-electron chi connectivity index (χ2n) is 7.04. The maximum absolute atomic E-state index is 14.4. The van der Waals surface area contributed by atoms with Crippen LogP contribution in [0.2, 0.25) is 0 Å². The predicted octanol–water partition coefficient (Wildman–Crippen LogP) is 1.25. The number of nitrogens with zero attached hydrogens (tertiary/aromatic N) is 3. The number of carbonyl (C=O) groups excluding carboxylic acids is 2. The lowest BCUT2D eigenvalue weighted by Gasteiger charge is -2.21. The van der Waals surface area contributed by atoms with E-state index in [2.05, 4.69) is 26.0 Å². The van der Waals surface area contributed by atoms with E-state index in [9.17, 15) is 14.0 Å². The van der Waals surface area contributed by atoms with Crippen LogP contribution in [0.15, 0.2) is 36.0 Å². The zero-order chi connectivity index (χ0) is 22.5. The van der Waals surface area contributed by atoms with Crippen LogP contribution in [-0.4, -0.2) is 46.0 Å². The van der Waals surface area contributed by atoms with Gasteiger partial charge in [-0.25, -0.2) is 14.8 Å². The second kappa shape index (κ2) is 9.56. The van der Waals surface area contributed by atoms with Crippen LogP contribution in [0.3, 0.4) is 0 Å². The molecule has 166 valence electrons. The van der Waals surface area contributed by atoms with Crippen LogP contribution in [0.1, 0.15) is 42.9 Å². The molecule has 5 N–H and O–H groups in total. The van der Waals surface area contributed by atoms with Gasteiger partial charge in [0.2, 0.25) is 11.8 Å². The summed E-state index contributed by atoms with van der Waals surface area (Å²) in [7, 11) is 1.81. The zero-order valence-electron chi connectivity index (χ0n) is 17.6. The van der Waals surface area contributed by atoms with Crippen LogP contribution in [-0.2, 0) is 11.2 Å². The molecule has 2 unspecified atom stereocenters. The summed E-state index contributed by atoms with van der Waals surface area (Å²) < 4.78 is 20.2. The normalized spacial score (nSPS) is 20.2. The SMILES string of the molecule is CCC(=O)NC1C=C(Oc2nc(NC3C=CN(C)N3)c(C(N)=O)nc2CC)C(F)=CC1. The Bertz CT molecular complexity index is 960. The van der Waals surface area contributed by atoms with Crippen molar-refractivity contribution in [2.45, 2.75) is 45.3 Å². The van der Waals surface area contributed by atoms with Gasteiger partial charge in [0.05, 0.1) is 6.04 Å². The number of anilines is 1. The molecule has 2 aliphatic rings. The molecule has 31 heavy (non-hydrogen) atoms. The fourth-order valence-corrected chi connectivity index (χ4v) is 3.05. The van der Waals surface area contributed by atoms with Crippen molar-refractivity contribution in [3.05, 3.63) is 47.4 Å². The van der Waals surface area contributed by atoms with E-state index in [-0.39, 0.29) is 35.2 Å². The number of nitrogens with one attached hydrogen (secondary N) is 3. The molecule has 0 saturated heterocycles. The van der Waals surface area contributed by atoms with E-state index >= 15 is 0 Å². The molecule has 0 fully saturated rings. The van der Waals surface area contributed by atoms with Crippen LogP contribution >= 0.6 is 0 Å². The molecule has 11 heteroatoms.